The van der Waals surface area contributed by atoms with Crippen LogP contribution in [0.2, 0.25) is 10.0 Å². The van der Waals surface area contributed by atoms with Gasteiger partial charge in [0.25, 0.3) is 5.91 Å². The first-order valence-corrected chi connectivity index (χ1v) is 22.3. The molecule has 8 rings (SSSR count). The van der Waals surface area contributed by atoms with Crippen LogP contribution >= 0.6 is 23.2 Å². The zero-order valence-corrected chi connectivity index (χ0v) is 39.6. The number of carboxylic acid groups (broad SMARTS) is 3. The van der Waals surface area contributed by atoms with Gasteiger partial charge >= 0.3 is 17.9 Å². The van der Waals surface area contributed by atoms with Crippen molar-refractivity contribution < 1.29 is 53.2 Å². The van der Waals surface area contributed by atoms with Crippen LogP contribution in [0, 0.1) is 0 Å². The Morgan fingerprint density at radius 2 is 1.41 bits per heavy atom. The van der Waals surface area contributed by atoms with Crippen LogP contribution in [0.4, 0.5) is 5.69 Å². The molecule has 2 aliphatic heterocycles. The number of benzene rings is 6. The molecule has 2 heterocycles. The van der Waals surface area contributed by atoms with Crippen molar-refractivity contribution in [1.82, 2.24) is 15.2 Å². The van der Waals surface area contributed by atoms with E-state index >= 15 is 0 Å². The van der Waals surface area contributed by atoms with Crippen molar-refractivity contribution in [2.24, 2.45) is 0 Å². The van der Waals surface area contributed by atoms with Crippen LogP contribution in [0.25, 0.3) is 66.8 Å². The zero-order valence-electron chi connectivity index (χ0n) is 38.1. The molecule has 4 aliphatic rings. The van der Waals surface area contributed by atoms with Gasteiger partial charge in [0.2, 0.25) is 11.3 Å². The van der Waals surface area contributed by atoms with Gasteiger partial charge in [0.15, 0.2) is 5.43 Å². The first-order valence-electron chi connectivity index (χ1n) is 21.5. The van der Waals surface area contributed by atoms with E-state index in [1.807, 2.05) is 74.1 Å². The van der Waals surface area contributed by atoms with Gasteiger partial charge in [-0.05, 0) is 66.2 Å². The molecule has 2 aliphatic carbocycles. The van der Waals surface area contributed by atoms with E-state index in [4.69, 9.17) is 32.0 Å². The lowest BCUT2D eigenvalue weighted by Crippen LogP contribution is -2.24. The number of fused-ring (bicyclic) bond motifs is 4. The quantitative estimate of drug-likeness (QED) is 0.0275. The predicted octanol–water partition coefficient (Wildman–Crippen LogP) is 8.45. The molecule has 0 spiro atoms. The van der Waals surface area contributed by atoms with Gasteiger partial charge < -0.3 is 44.8 Å². The minimum atomic E-state index is -1.41. The van der Waals surface area contributed by atoms with Gasteiger partial charge in [-0.3, -0.25) is 14.4 Å². The molecule has 0 aromatic heterocycles. The van der Waals surface area contributed by atoms with E-state index < -0.39 is 35.2 Å². The molecule has 16 nitrogen and oxygen atoms in total. The van der Waals surface area contributed by atoms with Crippen molar-refractivity contribution in [2.75, 3.05) is 39.6 Å². The summed E-state index contributed by atoms with van der Waals surface area (Å²) in [6.45, 7) is -0.362. The fourth-order valence-electron chi connectivity index (χ4n) is 8.21. The van der Waals surface area contributed by atoms with Crippen molar-refractivity contribution in [3.8, 4) is 50.7 Å². The SMILES string of the molecule is CN(C)c1ccc2c(-c3c(Cl)cc(C(=O)NC/C=C/C=C/C(=O)NCc4c(O)ccc5c(-c6ccc(C(=O)O)cc6C(=O)O)c6ccc(=O)cc-6oc45)c(Cl)c3C(=O)O)c3ccc(=[N+](C)C)cc-3oc2c1. The number of allylic oxidation sites excluding steroid dienone is 2. The van der Waals surface area contributed by atoms with Gasteiger partial charge in [-0.25, -0.2) is 19.0 Å². The number of nitrogens with zero attached hydrogens (tertiary/aromatic N) is 2. The van der Waals surface area contributed by atoms with E-state index in [0.29, 0.717) is 38.8 Å². The summed E-state index contributed by atoms with van der Waals surface area (Å²) in [6.07, 6.45) is 5.54. The number of aromatic carboxylic acids is 3. The van der Waals surface area contributed by atoms with Crippen LogP contribution < -0.4 is 30.9 Å². The van der Waals surface area contributed by atoms with Crippen LogP contribution in [0.1, 0.15) is 47.0 Å². The summed E-state index contributed by atoms with van der Waals surface area (Å²) < 4.78 is 14.4. The van der Waals surface area contributed by atoms with Gasteiger partial charge in [0.05, 0.1) is 50.5 Å². The maximum absolute atomic E-state index is 13.5. The number of hydrogen-bond acceptors (Lipinski definition) is 10. The van der Waals surface area contributed by atoms with Gasteiger partial charge in [0.1, 0.15) is 42.5 Å². The Balaban J connectivity index is 1.01. The third kappa shape index (κ3) is 9.53. The summed E-state index contributed by atoms with van der Waals surface area (Å²) in [7, 11) is 7.53. The highest BCUT2D eigenvalue weighted by Crippen LogP contribution is 2.47. The van der Waals surface area contributed by atoms with E-state index in [1.165, 1.54) is 72.8 Å². The normalized spacial score (nSPS) is 11.5. The zero-order chi connectivity index (χ0) is 51.0. The number of amides is 2. The molecular formula is C53H41Cl2N4O12+. The molecule has 6 N–H and O–H groups in total. The maximum atomic E-state index is 13.5. The molecule has 358 valence electrons. The van der Waals surface area contributed by atoms with Gasteiger partial charge in [0, 0.05) is 89.2 Å². The summed E-state index contributed by atoms with van der Waals surface area (Å²) >= 11 is 13.7. The minimum absolute atomic E-state index is 0.0265. The monoisotopic (exact) mass is 995 g/mol. The van der Waals surface area contributed by atoms with Crippen molar-refractivity contribution in [3.63, 3.8) is 0 Å². The molecule has 4 aromatic rings. The Labute approximate surface area is 412 Å². The van der Waals surface area contributed by atoms with E-state index in [2.05, 4.69) is 10.6 Å². The number of phenols is 1. The summed E-state index contributed by atoms with van der Waals surface area (Å²) in [6, 6.07) is 22.7. The van der Waals surface area contributed by atoms with Gasteiger partial charge in [-0.15, -0.1) is 0 Å². The third-order valence-corrected chi connectivity index (χ3v) is 12.4. The first-order chi connectivity index (χ1) is 33.8. The second-order valence-electron chi connectivity index (χ2n) is 16.6. The maximum Gasteiger partial charge on any atom is 0.337 e. The standard InChI is InChI=1S/C53H40Cl2N4O12/c1-58(2)27-10-14-32-40(21-27)70-41-22-28(59(3)4)11-15-33(41)45(32)46-38(54)24-36(48(55)47(46)53(68)69)50(63)56-19-7-5-6-8-43(62)57-25-37-39(61)18-17-34-44(31-16-12-29(60)23-42(31)71-49(34)37)30-13-9-26(51(64)65)20-35(30)52(66)67/h5-18,20-24H,19,25H2,1-4H3,(H5-,56,57,60,61,62,63,64,65,66,67,68,69)/p+1/b7-5+,8-6+. The number of hydrogen-bond donors (Lipinski definition) is 6. The van der Waals surface area contributed by atoms with E-state index in [0.717, 1.165) is 17.1 Å². The molecule has 0 unspecified atom stereocenters. The molecule has 4 aromatic carbocycles. The highest BCUT2D eigenvalue weighted by atomic mass is 35.5. The topological polar surface area (TPSA) is 240 Å². The average Bonchev–Trinajstić information content (AvgIpc) is 3.32. The van der Waals surface area contributed by atoms with Crippen LogP contribution in [0.5, 0.6) is 5.75 Å². The fourth-order valence-corrected chi connectivity index (χ4v) is 8.83. The molecule has 0 bridgehead atoms. The lowest BCUT2D eigenvalue weighted by atomic mass is 9.89. The van der Waals surface area contributed by atoms with Crippen molar-refractivity contribution in [1.29, 1.82) is 0 Å². The molecular weight excluding hydrogens is 956 g/mol. The van der Waals surface area contributed by atoms with Crippen LogP contribution in [0.3, 0.4) is 0 Å². The number of phenolic OH excluding ortho intramolecular Hbond substituents is 1. The fraction of sp³-hybridized carbons (Fsp3) is 0.113. The molecule has 18 heteroatoms. The Morgan fingerprint density at radius 1 is 0.704 bits per heavy atom. The number of aromatic hydroxyl groups is 1. The van der Waals surface area contributed by atoms with Gasteiger partial charge in [-0.2, -0.15) is 0 Å². The smallest absolute Gasteiger partial charge is 0.337 e. The summed E-state index contributed by atoms with van der Waals surface area (Å²) in [5.41, 5.74) is 1.71. The first kappa shape index (κ1) is 48.7. The summed E-state index contributed by atoms with van der Waals surface area (Å²) in [5, 5.41) is 47.9. The average molecular weight is 997 g/mol. The molecule has 0 atom stereocenters. The largest absolute Gasteiger partial charge is 0.507 e. The number of anilines is 1. The second kappa shape index (κ2) is 19.7. The van der Waals surface area contributed by atoms with Gasteiger partial charge in [-0.1, -0.05) is 47.5 Å². The van der Waals surface area contributed by atoms with Crippen LogP contribution in [0.15, 0.2) is 129 Å². The Bertz CT molecular complexity index is 3700. The Morgan fingerprint density at radius 3 is 2.11 bits per heavy atom. The number of nitrogens with one attached hydrogen (secondary N) is 2. The molecule has 0 radical (unpaired) electrons. The Hall–Kier alpha value is -8.73. The molecule has 0 saturated carbocycles. The van der Waals surface area contributed by atoms with Crippen LogP contribution in [-0.2, 0) is 11.3 Å². The summed E-state index contributed by atoms with van der Waals surface area (Å²) in [5.74, 6) is -5.26. The highest BCUT2D eigenvalue weighted by Gasteiger charge is 2.30. The summed E-state index contributed by atoms with van der Waals surface area (Å²) in [4.78, 5) is 78.1. The predicted molar refractivity (Wildman–Crippen MR) is 269 cm³/mol. The molecule has 0 saturated heterocycles. The lowest BCUT2D eigenvalue weighted by molar-refractivity contribution is -0.116. The molecule has 0 fully saturated rings. The second-order valence-corrected chi connectivity index (χ2v) is 17.3. The van der Waals surface area contributed by atoms with E-state index in [1.54, 1.807) is 0 Å². The van der Waals surface area contributed by atoms with Crippen molar-refractivity contribution in [3.05, 3.63) is 169 Å². The number of carbonyl (C=O) groups excluding carboxylic acids is 2. The Kier molecular flexibility index (Phi) is 13.5. The minimum Gasteiger partial charge on any atom is -0.507 e. The van der Waals surface area contributed by atoms with E-state index in [9.17, 15) is 49.2 Å². The number of halogens is 2. The van der Waals surface area contributed by atoms with Crippen molar-refractivity contribution >= 4 is 80.6 Å². The number of carbonyl (C=O) groups is 5. The highest BCUT2D eigenvalue weighted by molar-refractivity contribution is 6.41. The van der Waals surface area contributed by atoms with E-state index in [-0.39, 0.29) is 84.7 Å². The molecule has 2 amide bonds. The number of rotatable bonds is 13. The van der Waals surface area contributed by atoms with Crippen LogP contribution in [-0.4, -0.2) is 84.9 Å². The number of carboxylic acids is 3. The lowest BCUT2D eigenvalue weighted by Gasteiger charge is -2.21. The third-order valence-electron chi connectivity index (χ3n) is 11.7. The molecule has 71 heavy (non-hydrogen) atoms. The van der Waals surface area contributed by atoms with Crippen molar-refractivity contribution in [2.45, 2.75) is 6.54 Å².